The second-order valence-corrected chi connectivity index (χ2v) is 9.63. The van der Waals surface area contributed by atoms with Gasteiger partial charge in [0, 0.05) is 32.5 Å². The van der Waals surface area contributed by atoms with Gasteiger partial charge in [0.15, 0.2) is 5.96 Å². The van der Waals surface area contributed by atoms with E-state index < -0.39 is 6.10 Å². The number of nitrogens with one attached hydrogen (secondary N) is 2. The molecule has 0 spiro atoms. The van der Waals surface area contributed by atoms with Crippen LogP contribution in [0.1, 0.15) is 82.3 Å². The fourth-order valence-corrected chi connectivity index (χ4v) is 4.01. The van der Waals surface area contributed by atoms with E-state index in [-0.39, 0.29) is 5.41 Å². The summed E-state index contributed by atoms with van der Waals surface area (Å²) in [4.78, 5) is 4.59. The molecule has 7 nitrogen and oxygen atoms in total. The van der Waals surface area contributed by atoms with Gasteiger partial charge in [0.25, 0.3) is 0 Å². The summed E-state index contributed by atoms with van der Waals surface area (Å²) in [5.74, 6) is 2.97. The first kappa shape index (κ1) is 24.2. The number of benzene rings is 1. The van der Waals surface area contributed by atoms with Gasteiger partial charge in [0.05, 0.1) is 12.6 Å². The standard InChI is InChI=1S/C25H40N6O/c1-5-26-24(28-18-21(32)19-12-14-20(15-13-19)25(2,3)4)27-16-9-11-23-30-29-22-10-7-6-8-17-31(22)23/h12-15,21,32H,5-11,16-18H2,1-4H3,(H2,26,27,28). The largest absolute Gasteiger partial charge is 0.386 e. The van der Waals surface area contributed by atoms with Gasteiger partial charge in [-0.3, -0.25) is 4.99 Å². The highest BCUT2D eigenvalue weighted by atomic mass is 16.3. The lowest BCUT2D eigenvalue weighted by Gasteiger charge is -2.20. The van der Waals surface area contributed by atoms with Crippen LogP contribution in [0.2, 0.25) is 0 Å². The molecule has 0 saturated heterocycles. The van der Waals surface area contributed by atoms with E-state index >= 15 is 0 Å². The first-order valence-electron chi connectivity index (χ1n) is 12.1. The minimum atomic E-state index is -0.620. The second kappa shape index (κ2) is 11.5. The van der Waals surface area contributed by atoms with Gasteiger partial charge in [-0.15, -0.1) is 10.2 Å². The van der Waals surface area contributed by atoms with Crippen molar-refractivity contribution in [1.82, 2.24) is 25.4 Å². The van der Waals surface area contributed by atoms with Crippen LogP contribution in [0.25, 0.3) is 0 Å². The molecule has 7 heteroatoms. The van der Waals surface area contributed by atoms with Crippen molar-refractivity contribution in [2.75, 3.05) is 19.6 Å². The molecule has 1 aliphatic rings. The topological polar surface area (TPSA) is 87.4 Å². The molecule has 1 aliphatic heterocycles. The van der Waals surface area contributed by atoms with Gasteiger partial charge in [-0.05, 0) is 42.7 Å². The molecule has 1 aromatic heterocycles. The molecule has 3 rings (SSSR count). The molecule has 1 aromatic carbocycles. The first-order chi connectivity index (χ1) is 15.4. The highest BCUT2D eigenvalue weighted by Crippen LogP contribution is 2.24. The van der Waals surface area contributed by atoms with E-state index in [0.29, 0.717) is 6.54 Å². The Bertz CT molecular complexity index is 866. The number of aryl methyl sites for hydroxylation is 2. The Kier molecular flexibility index (Phi) is 8.67. The molecule has 1 atom stereocenters. The van der Waals surface area contributed by atoms with Crippen molar-refractivity contribution in [2.45, 2.75) is 84.3 Å². The van der Waals surface area contributed by atoms with Gasteiger partial charge in [0.2, 0.25) is 0 Å². The number of hydrogen-bond acceptors (Lipinski definition) is 4. The van der Waals surface area contributed by atoms with Crippen LogP contribution in [0.15, 0.2) is 29.3 Å². The molecule has 1 unspecified atom stereocenters. The number of aliphatic hydroxyl groups is 1. The Morgan fingerprint density at radius 1 is 1.12 bits per heavy atom. The fourth-order valence-electron chi connectivity index (χ4n) is 4.01. The van der Waals surface area contributed by atoms with E-state index in [1.54, 1.807) is 0 Å². The predicted molar refractivity (Wildman–Crippen MR) is 130 cm³/mol. The number of rotatable bonds is 8. The molecular formula is C25H40N6O. The van der Waals surface area contributed by atoms with Gasteiger partial charge >= 0.3 is 0 Å². The summed E-state index contributed by atoms with van der Waals surface area (Å²) in [6.45, 7) is 11.6. The molecular weight excluding hydrogens is 400 g/mol. The average Bonchev–Trinajstić information content (AvgIpc) is 2.99. The van der Waals surface area contributed by atoms with E-state index in [2.05, 4.69) is 63.3 Å². The van der Waals surface area contributed by atoms with Crippen molar-refractivity contribution >= 4 is 5.96 Å². The maximum absolute atomic E-state index is 10.6. The molecule has 0 aliphatic carbocycles. The summed E-state index contributed by atoms with van der Waals surface area (Å²) in [6.07, 6.45) is 6.00. The van der Waals surface area contributed by atoms with Gasteiger partial charge in [-0.1, -0.05) is 51.5 Å². The quantitative estimate of drug-likeness (QED) is 0.332. The zero-order chi connectivity index (χ0) is 23.0. The van der Waals surface area contributed by atoms with Crippen LogP contribution in [0.3, 0.4) is 0 Å². The highest BCUT2D eigenvalue weighted by molar-refractivity contribution is 5.79. The molecule has 0 bridgehead atoms. The first-order valence-corrected chi connectivity index (χ1v) is 12.1. The van der Waals surface area contributed by atoms with Gasteiger partial charge in [-0.25, -0.2) is 0 Å². The maximum atomic E-state index is 10.6. The average molecular weight is 441 g/mol. The van der Waals surface area contributed by atoms with Crippen molar-refractivity contribution in [2.24, 2.45) is 4.99 Å². The molecule has 2 heterocycles. The molecule has 0 amide bonds. The smallest absolute Gasteiger partial charge is 0.191 e. The van der Waals surface area contributed by atoms with Crippen LogP contribution < -0.4 is 10.6 Å². The van der Waals surface area contributed by atoms with Crippen molar-refractivity contribution in [3.05, 3.63) is 47.0 Å². The van der Waals surface area contributed by atoms with E-state index in [9.17, 15) is 5.11 Å². The van der Waals surface area contributed by atoms with E-state index in [4.69, 9.17) is 0 Å². The molecule has 2 aromatic rings. The molecule has 176 valence electrons. The van der Waals surface area contributed by atoms with Gasteiger partial charge in [-0.2, -0.15) is 0 Å². The number of aliphatic hydroxyl groups excluding tert-OH is 1. The summed E-state index contributed by atoms with van der Waals surface area (Å²) in [6, 6.07) is 8.19. The minimum Gasteiger partial charge on any atom is -0.386 e. The zero-order valence-electron chi connectivity index (χ0n) is 20.2. The Balaban J connectivity index is 1.49. The van der Waals surface area contributed by atoms with Crippen LogP contribution >= 0.6 is 0 Å². The van der Waals surface area contributed by atoms with Crippen molar-refractivity contribution in [1.29, 1.82) is 0 Å². The van der Waals surface area contributed by atoms with E-state index in [0.717, 1.165) is 62.1 Å². The monoisotopic (exact) mass is 440 g/mol. The normalized spacial score (nSPS) is 15.7. The Hall–Kier alpha value is -2.41. The Labute approximate surface area is 192 Å². The van der Waals surface area contributed by atoms with Crippen molar-refractivity contribution in [3.63, 3.8) is 0 Å². The van der Waals surface area contributed by atoms with Crippen LogP contribution in [-0.4, -0.2) is 45.5 Å². The summed E-state index contributed by atoms with van der Waals surface area (Å²) < 4.78 is 2.31. The SMILES string of the molecule is CCNC(=NCC(O)c1ccc(C(C)(C)C)cc1)NCCCc1nnc2n1CCCCC2. The van der Waals surface area contributed by atoms with Crippen molar-refractivity contribution < 1.29 is 5.11 Å². The third-order valence-electron chi connectivity index (χ3n) is 5.98. The van der Waals surface area contributed by atoms with Crippen LogP contribution in [-0.2, 0) is 24.8 Å². The minimum absolute atomic E-state index is 0.106. The van der Waals surface area contributed by atoms with Crippen LogP contribution in [0, 0.1) is 0 Å². The lowest BCUT2D eigenvalue weighted by molar-refractivity contribution is 0.187. The third-order valence-corrected chi connectivity index (χ3v) is 5.98. The lowest BCUT2D eigenvalue weighted by Crippen LogP contribution is -2.38. The third kappa shape index (κ3) is 6.79. The maximum Gasteiger partial charge on any atom is 0.191 e. The molecule has 0 fully saturated rings. The van der Waals surface area contributed by atoms with Crippen LogP contribution in [0.4, 0.5) is 0 Å². The number of guanidine groups is 1. The number of aromatic nitrogens is 3. The highest BCUT2D eigenvalue weighted by Gasteiger charge is 2.15. The zero-order valence-corrected chi connectivity index (χ0v) is 20.2. The Morgan fingerprint density at radius 2 is 1.91 bits per heavy atom. The molecule has 32 heavy (non-hydrogen) atoms. The predicted octanol–water partition coefficient (Wildman–Crippen LogP) is 3.52. The lowest BCUT2D eigenvalue weighted by atomic mass is 9.86. The number of hydrogen-bond donors (Lipinski definition) is 3. The Morgan fingerprint density at radius 3 is 2.62 bits per heavy atom. The van der Waals surface area contributed by atoms with Crippen molar-refractivity contribution in [3.8, 4) is 0 Å². The molecule has 3 N–H and O–H groups in total. The van der Waals surface area contributed by atoms with E-state index in [1.807, 2.05) is 19.1 Å². The molecule has 0 saturated carbocycles. The molecule has 0 radical (unpaired) electrons. The van der Waals surface area contributed by atoms with Crippen LogP contribution in [0.5, 0.6) is 0 Å². The fraction of sp³-hybridized carbons (Fsp3) is 0.640. The summed E-state index contributed by atoms with van der Waals surface area (Å²) >= 11 is 0. The van der Waals surface area contributed by atoms with Gasteiger partial charge in [0.1, 0.15) is 11.6 Å². The summed E-state index contributed by atoms with van der Waals surface area (Å²) in [7, 11) is 0. The van der Waals surface area contributed by atoms with Gasteiger partial charge < -0.3 is 20.3 Å². The summed E-state index contributed by atoms with van der Waals surface area (Å²) in [5, 5.41) is 26.0. The number of fused-ring (bicyclic) bond motifs is 1. The second-order valence-electron chi connectivity index (χ2n) is 9.63. The number of nitrogens with zero attached hydrogens (tertiary/aromatic N) is 4. The van der Waals surface area contributed by atoms with E-state index in [1.165, 1.54) is 24.8 Å². The summed E-state index contributed by atoms with van der Waals surface area (Å²) in [5.41, 5.74) is 2.26. The number of aliphatic imine (C=N–C) groups is 1.